The van der Waals surface area contributed by atoms with E-state index >= 15 is 0 Å². The molecule has 7 heteroatoms. The van der Waals surface area contributed by atoms with E-state index in [-0.39, 0.29) is 18.4 Å². The van der Waals surface area contributed by atoms with Crippen LogP contribution in [-0.2, 0) is 9.59 Å². The first kappa shape index (κ1) is 19.8. The van der Waals surface area contributed by atoms with E-state index in [0.717, 1.165) is 10.9 Å². The predicted octanol–water partition coefficient (Wildman–Crippen LogP) is 3.79. The summed E-state index contributed by atoms with van der Waals surface area (Å²) in [6.07, 6.45) is 1.71. The summed E-state index contributed by atoms with van der Waals surface area (Å²) >= 11 is 6.06. The van der Waals surface area contributed by atoms with Crippen molar-refractivity contribution in [2.45, 2.75) is 13.0 Å². The summed E-state index contributed by atoms with van der Waals surface area (Å²) < 4.78 is 0. The van der Waals surface area contributed by atoms with Gasteiger partial charge >= 0.3 is 0 Å². The Morgan fingerprint density at radius 2 is 1.79 bits per heavy atom. The van der Waals surface area contributed by atoms with Crippen LogP contribution >= 0.6 is 11.6 Å². The fourth-order valence-corrected chi connectivity index (χ4v) is 2.95. The van der Waals surface area contributed by atoms with Gasteiger partial charge in [-0.1, -0.05) is 29.8 Å². The fraction of sp³-hybridized carbons (Fsp3) is 0.190. The number of nitrogens with zero attached hydrogens (tertiary/aromatic N) is 2. The Morgan fingerprint density at radius 1 is 1.04 bits per heavy atom. The number of rotatable bonds is 6. The van der Waals surface area contributed by atoms with Crippen LogP contribution in [0.1, 0.15) is 6.92 Å². The number of carbonyl (C=O) groups is 2. The third-order valence-corrected chi connectivity index (χ3v) is 4.81. The monoisotopic (exact) mass is 396 g/mol. The highest BCUT2D eigenvalue weighted by molar-refractivity contribution is 6.33. The molecule has 1 aromatic heterocycles. The molecule has 1 heterocycles. The number of anilines is 2. The molecule has 0 spiro atoms. The van der Waals surface area contributed by atoms with Gasteiger partial charge in [-0.3, -0.25) is 19.5 Å². The van der Waals surface area contributed by atoms with Crippen LogP contribution in [0.2, 0.25) is 5.02 Å². The van der Waals surface area contributed by atoms with Crippen molar-refractivity contribution < 1.29 is 9.59 Å². The number of benzene rings is 2. The highest BCUT2D eigenvalue weighted by atomic mass is 35.5. The van der Waals surface area contributed by atoms with Gasteiger partial charge in [-0.2, -0.15) is 0 Å². The quantitative estimate of drug-likeness (QED) is 0.664. The minimum atomic E-state index is -0.510. The van der Waals surface area contributed by atoms with Crippen molar-refractivity contribution in [1.29, 1.82) is 0 Å². The number of pyridine rings is 1. The normalized spacial score (nSPS) is 12.0. The van der Waals surface area contributed by atoms with Crippen molar-refractivity contribution >= 4 is 45.7 Å². The maximum Gasteiger partial charge on any atom is 0.241 e. The Labute approximate surface area is 168 Å². The van der Waals surface area contributed by atoms with Crippen molar-refractivity contribution in [3.63, 3.8) is 0 Å². The molecule has 6 nitrogen and oxygen atoms in total. The molecule has 1 atom stereocenters. The van der Waals surface area contributed by atoms with Crippen molar-refractivity contribution in [2.75, 3.05) is 24.2 Å². The molecule has 0 fully saturated rings. The topological polar surface area (TPSA) is 74.3 Å². The smallest absolute Gasteiger partial charge is 0.241 e. The van der Waals surface area contributed by atoms with E-state index < -0.39 is 6.04 Å². The molecule has 28 heavy (non-hydrogen) atoms. The number of nitrogens with one attached hydrogen (secondary N) is 2. The first-order valence-electron chi connectivity index (χ1n) is 8.85. The Bertz CT molecular complexity index is 1000. The number of amides is 2. The number of hydrogen-bond donors (Lipinski definition) is 2. The largest absolute Gasteiger partial charge is 0.324 e. The van der Waals surface area contributed by atoms with Crippen molar-refractivity contribution in [3.8, 4) is 0 Å². The van der Waals surface area contributed by atoms with Crippen LogP contribution in [0.25, 0.3) is 10.9 Å². The Hall–Kier alpha value is -2.96. The molecule has 0 radical (unpaired) electrons. The minimum absolute atomic E-state index is 0.0525. The zero-order valence-electron chi connectivity index (χ0n) is 15.6. The second-order valence-electron chi connectivity index (χ2n) is 6.48. The van der Waals surface area contributed by atoms with Crippen LogP contribution in [0.15, 0.2) is 60.8 Å². The molecular weight excluding hydrogens is 376 g/mol. The molecule has 0 saturated heterocycles. The molecule has 0 aliphatic rings. The minimum Gasteiger partial charge on any atom is -0.324 e. The van der Waals surface area contributed by atoms with E-state index in [2.05, 4.69) is 15.6 Å². The lowest BCUT2D eigenvalue weighted by Crippen LogP contribution is -2.43. The number of halogens is 1. The van der Waals surface area contributed by atoms with Gasteiger partial charge in [-0.05, 0) is 50.4 Å². The van der Waals surface area contributed by atoms with E-state index in [4.69, 9.17) is 11.6 Å². The average molecular weight is 397 g/mol. The molecule has 144 valence electrons. The highest BCUT2D eigenvalue weighted by Gasteiger charge is 2.21. The molecule has 2 amide bonds. The Balaban J connectivity index is 1.62. The van der Waals surface area contributed by atoms with Gasteiger partial charge in [0.1, 0.15) is 0 Å². The molecule has 2 N–H and O–H groups in total. The van der Waals surface area contributed by atoms with Crippen LogP contribution in [0.5, 0.6) is 0 Å². The number of aromatic nitrogens is 1. The first-order valence-corrected chi connectivity index (χ1v) is 9.22. The van der Waals surface area contributed by atoms with E-state index in [1.165, 1.54) is 0 Å². The van der Waals surface area contributed by atoms with Crippen LogP contribution < -0.4 is 10.6 Å². The van der Waals surface area contributed by atoms with Crippen molar-refractivity contribution in [3.05, 3.63) is 65.8 Å². The number of hydrogen-bond acceptors (Lipinski definition) is 4. The molecule has 0 aliphatic heterocycles. The van der Waals surface area contributed by atoms with Crippen LogP contribution in [0.3, 0.4) is 0 Å². The predicted molar refractivity (Wildman–Crippen MR) is 113 cm³/mol. The molecule has 2 aromatic carbocycles. The summed E-state index contributed by atoms with van der Waals surface area (Å²) in [7, 11) is 1.72. The van der Waals surface area contributed by atoms with Gasteiger partial charge < -0.3 is 10.6 Å². The second kappa shape index (κ2) is 8.82. The maximum atomic E-state index is 12.7. The molecule has 3 aromatic rings. The summed E-state index contributed by atoms with van der Waals surface area (Å²) in [5.41, 5.74) is 2.04. The molecular formula is C21H21ClN4O2. The molecule has 3 rings (SSSR count). The van der Waals surface area contributed by atoms with Crippen molar-refractivity contribution in [2.24, 2.45) is 0 Å². The third-order valence-electron chi connectivity index (χ3n) is 4.49. The van der Waals surface area contributed by atoms with Crippen LogP contribution in [0, 0.1) is 0 Å². The van der Waals surface area contributed by atoms with E-state index in [9.17, 15) is 9.59 Å². The van der Waals surface area contributed by atoms with Gasteiger partial charge in [-0.15, -0.1) is 0 Å². The molecule has 0 bridgehead atoms. The number of para-hydroxylation sites is 1. The molecule has 0 aliphatic carbocycles. The summed E-state index contributed by atoms with van der Waals surface area (Å²) in [6, 6.07) is 15.8. The zero-order valence-corrected chi connectivity index (χ0v) is 16.4. The Morgan fingerprint density at radius 3 is 2.57 bits per heavy atom. The fourth-order valence-electron chi connectivity index (χ4n) is 2.77. The molecule has 1 unspecified atom stereocenters. The number of carbonyl (C=O) groups excluding carboxylic acids is 2. The van der Waals surface area contributed by atoms with Gasteiger partial charge in [0.25, 0.3) is 0 Å². The van der Waals surface area contributed by atoms with E-state index in [1.54, 1.807) is 49.3 Å². The average Bonchev–Trinajstić information content (AvgIpc) is 2.69. The van der Waals surface area contributed by atoms with Crippen LogP contribution in [0.4, 0.5) is 11.4 Å². The lowest BCUT2D eigenvalue weighted by atomic mass is 10.1. The van der Waals surface area contributed by atoms with E-state index in [0.29, 0.717) is 16.4 Å². The highest BCUT2D eigenvalue weighted by Crippen LogP contribution is 2.22. The van der Waals surface area contributed by atoms with Gasteiger partial charge in [0.05, 0.1) is 34.5 Å². The van der Waals surface area contributed by atoms with Crippen LogP contribution in [-0.4, -0.2) is 41.3 Å². The summed E-state index contributed by atoms with van der Waals surface area (Å²) in [6.45, 7) is 1.80. The van der Waals surface area contributed by atoms with Gasteiger partial charge in [0.15, 0.2) is 0 Å². The lowest BCUT2D eigenvalue weighted by Gasteiger charge is -2.23. The number of likely N-dealkylation sites (N-methyl/N-ethyl adjacent to an activating group) is 1. The zero-order chi connectivity index (χ0) is 20.1. The summed E-state index contributed by atoms with van der Waals surface area (Å²) in [5, 5.41) is 7.01. The lowest BCUT2D eigenvalue weighted by molar-refractivity contribution is -0.122. The number of fused-ring (bicyclic) bond motifs is 1. The first-order chi connectivity index (χ1) is 13.5. The summed E-state index contributed by atoms with van der Waals surface area (Å²) in [5.74, 6) is -0.450. The second-order valence-corrected chi connectivity index (χ2v) is 6.89. The van der Waals surface area contributed by atoms with Crippen molar-refractivity contribution in [1.82, 2.24) is 9.88 Å². The SMILES string of the molecule is CC(C(=O)Nc1cccc2ncccc12)N(C)CC(=O)Nc1ccccc1Cl. The third kappa shape index (κ3) is 4.65. The van der Waals surface area contributed by atoms with Gasteiger partial charge in [0.2, 0.25) is 11.8 Å². The molecule has 0 saturated carbocycles. The maximum absolute atomic E-state index is 12.7. The standard InChI is InChI=1S/C21H21ClN4O2/c1-14(26(2)13-20(27)24-19-9-4-3-8-16(19)22)21(28)25-18-11-5-10-17-15(18)7-6-12-23-17/h3-12,14H,13H2,1-2H3,(H,24,27)(H,25,28). The Kier molecular flexibility index (Phi) is 6.23. The summed E-state index contributed by atoms with van der Waals surface area (Å²) in [4.78, 5) is 30.9. The van der Waals surface area contributed by atoms with Gasteiger partial charge in [-0.25, -0.2) is 0 Å². The van der Waals surface area contributed by atoms with Gasteiger partial charge in [0, 0.05) is 11.6 Å². The van der Waals surface area contributed by atoms with E-state index in [1.807, 2.05) is 30.3 Å².